The minimum Gasteiger partial charge on any atom is -0.497 e. The van der Waals surface area contributed by atoms with Crippen molar-refractivity contribution < 1.29 is 4.74 Å². The normalized spacial score (nSPS) is 11.5. The minimum absolute atomic E-state index is 0.155. The van der Waals surface area contributed by atoms with Gasteiger partial charge in [0, 0.05) is 5.56 Å². The van der Waals surface area contributed by atoms with Crippen LogP contribution in [0.2, 0.25) is 0 Å². The molecule has 0 spiro atoms. The zero-order chi connectivity index (χ0) is 12.5. The van der Waals surface area contributed by atoms with Crippen molar-refractivity contribution in [3.8, 4) is 17.1 Å². The van der Waals surface area contributed by atoms with E-state index in [4.69, 9.17) is 4.74 Å². The summed E-state index contributed by atoms with van der Waals surface area (Å²) < 4.78 is 5.10. The molecule has 0 unspecified atom stereocenters. The molecular formula is C12H16N4O. The lowest BCUT2D eigenvalue weighted by Gasteiger charge is -2.15. The molecule has 2 aromatic rings. The Hall–Kier alpha value is -1.91. The van der Waals surface area contributed by atoms with Crippen molar-refractivity contribution in [3.05, 3.63) is 24.3 Å². The molecule has 0 fully saturated rings. The summed E-state index contributed by atoms with van der Waals surface area (Å²) in [6.07, 6.45) is 0. The van der Waals surface area contributed by atoms with Crippen LogP contribution < -0.4 is 4.74 Å². The molecule has 0 aliphatic carbocycles. The van der Waals surface area contributed by atoms with Gasteiger partial charge in [-0.2, -0.15) is 4.80 Å². The molecule has 5 nitrogen and oxygen atoms in total. The van der Waals surface area contributed by atoms with E-state index in [2.05, 4.69) is 15.4 Å². The maximum atomic E-state index is 5.10. The van der Waals surface area contributed by atoms with E-state index in [-0.39, 0.29) is 5.54 Å². The topological polar surface area (TPSA) is 52.8 Å². The number of aromatic nitrogens is 4. The fourth-order valence-electron chi connectivity index (χ4n) is 1.35. The quantitative estimate of drug-likeness (QED) is 0.795. The van der Waals surface area contributed by atoms with E-state index < -0.39 is 0 Å². The van der Waals surface area contributed by atoms with E-state index in [1.54, 1.807) is 11.9 Å². The highest BCUT2D eigenvalue weighted by Gasteiger charge is 2.17. The molecule has 0 aliphatic rings. The highest BCUT2D eigenvalue weighted by Crippen LogP contribution is 2.19. The zero-order valence-electron chi connectivity index (χ0n) is 10.5. The summed E-state index contributed by atoms with van der Waals surface area (Å²) in [6.45, 7) is 6.10. The zero-order valence-corrected chi connectivity index (χ0v) is 10.5. The van der Waals surface area contributed by atoms with Crippen LogP contribution in [0.15, 0.2) is 24.3 Å². The summed E-state index contributed by atoms with van der Waals surface area (Å²) in [5.41, 5.74) is 0.777. The van der Waals surface area contributed by atoms with Gasteiger partial charge in [-0.3, -0.25) is 0 Å². The third kappa shape index (κ3) is 2.43. The Morgan fingerprint density at radius 3 is 2.24 bits per heavy atom. The van der Waals surface area contributed by atoms with Crippen molar-refractivity contribution in [3.63, 3.8) is 0 Å². The second kappa shape index (κ2) is 4.16. The molecule has 0 N–H and O–H groups in total. The largest absolute Gasteiger partial charge is 0.497 e. The van der Waals surface area contributed by atoms with Gasteiger partial charge in [-0.05, 0) is 50.3 Å². The van der Waals surface area contributed by atoms with Crippen molar-refractivity contribution in [1.29, 1.82) is 0 Å². The first-order chi connectivity index (χ1) is 8.00. The van der Waals surface area contributed by atoms with E-state index >= 15 is 0 Å². The summed E-state index contributed by atoms with van der Waals surface area (Å²) in [7, 11) is 1.64. The average Bonchev–Trinajstić information content (AvgIpc) is 2.78. The van der Waals surface area contributed by atoms with Crippen molar-refractivity contribution in [2.24, 2.45) is 0 Å². The summed E-state index contributed by atoms with van der Waals surface area (Å²) in [6, 6.07) is 7.60. The Kier molecular flexibility index (Phi) is 2.83. The number of hydrogen-bond acceptors (Lipinski definition) is 4. The number of methoxy groups -OCH3 is 1. The van der Waals surface area contributed by atoms with Crippen molar-refractivity contribution in [1.82, 2.24) is 20.2 Å². The second-order valence-corrected chi connectivity index (χ2v) is 4.80. The average molecular weight is 232 g/mol. The van der Waals surface area contributed by atoms with Crippen LogP contribution in [-0.2, 0) is 5.54 Å². The van der Waals surface area contributed by atoms with Gasteiger partial charge >= 0.3 is 0 Å². The van der Waals surface area contributed by atoms with Crippen LogP contribution in [0, 0.1) is 0 Å². The number of ether oxygens (including phenoxy) is 1. The Morgan fingerprint density at radius 2 is 1.76 bits per heavy atom. The molecule has 17 heavy (non-hydrogen) atoms. The Labute approximate surface area is 100 Å². The molecule has 1 aromatic carbocycles. The number of rotatable bonds is 2. The fourth-order valence-corrected chi connectivity index (χ4v) is 1.35. The lowest BCUT2D eigenvalue weighted by molar-refractivity contribution is 0.306. The van der Waals surface area contributed by atoms with Crippen LogP contribution in [-0.4, -0.2) is 27.3 Å². The van der Waals surface area contributed by atoms with Crippen LogP contribution >= 0.6 is 0 Å². The van der Waals surface area contributed by atoms with Crippen LogP contribution in [0.4, 0.5) is 0 Å². The highest BCUT2D eigenvalue weighted by atomic mass is 16.5. The standard InChI is InChI=1S/C12H16N4O/c1-12(2,3)16-14-11(13-15-16)9-5-7-10(17-4)8-6-9/h5-8H,1-4H3. The lowest BCUT2D eigenvalue weighted by atomic mass is 10.1. The maximum Gasteiger partial charge on any atom is 0.204 e. The Morgan fingerprint density at radius 1 is 1.12 bits per heavy atom. The molecule has 0 amide bonds. The number of hydrogen-bond donors (Lipinski definition) is 0. The van der Waals surface area contributed by atoms with E-state index in [0.717, 1.165) is 11.3 Å². The van der Waals surface area contributed by atoms with Crippen LogP contribution in [0.3, 0.4) is 0 Å². The first-order valence-corrected chi connectivity index (χ1v) is 5.45. The van der Waals surface area contributed by atoms with E-state index in [1.165, 1.54) is 0 Å². The summed E-state index contributed by atoms with van der Waals surface area (Å²) in [4.78, 5) is 1.62. The van der Waals surface area contributed by atoms with Gasteiger partial charge in [-0.25, -0.2) is 0 Å². The third-order valence-electron chi connectivity index (χ3n) is 2.36. The van der Waals surface area contributed by atoms with Gasteiger partial charge < -0.3 is 4.74 Å². The maximum absolute atomic E-state index is 5.10. The van der Waals surface area contributed by atoms with E-state index in [0.29, 0.717) is 5.82 Å². The highest BCUT2D eigenvalue weighted by molar-refractivity contribution is 5.55. The predicted molar refractivity (Wildman–Crippen MR) is 64.8 cm³/mol. The van der Waals surface area contributed by atoms with Gasteiger partial charge in [-0.15, -0.1) is 10.2 Å². The molecule has 0 bridgehead atoms. The summed E-state index contributed by atoms with van der Waals surface area (Å²) >= 11 is 0. The van der Waals surface area contributed by atoms with Gasteiger partial charge in [-0.1, -0.05) is 0 Å². The van der Waals surface area contributed by atoms with Crippen molar-refractivity contribution in [2.45, 2.75) is 26.3 Å². The fraction of sp³-hybridized carbons (Fsp3) is 0.417. The molecule has 0 radical (unpaired) electrons. The Balaban J connectivity index is 2.30. The van der Waals surface area contributed by atoms with Crippen molar-refractivity contribution >= 4 is 0 Å². The van der Waals surface area contributed by atoms with Crippen LogP contribution in [0.5, 0.6) is 5.75 Å². The van der Waals surface area contributed by atoms with Crippen LogP contribution in [0.1, 0.15) is 20.8 Å². The van der Waals surface area contributed by atoms with Gasteiger partial charge in [0.15, 0.2) is 0 Å². The molecule has 0 saturated carbocycles. The van der Waals surface area contributed by atoms with E-state index in [1.807, 2.05) is 45.0 Å². The van der Waals surface area contributed by atoms with Gasteiger partial charge in [0.05, 0.1) is 12.6 Å². The molecule has 1 aromatic heterocycles. The SMILES string of the molecule is COc1ccc(-c2nnn(C(C)(C)C)n2)cc1. The second-order valence-electron chi connectivity index (χ2n) is 4.80. The first-order valence-electron chi connectivity index (χ1n) is 5.45. The smallest absolute Gasteiger partial charge is 0.204 e. The van der Waals surface area contributed by atoms with E-state index in [9.17, 15) is 0 Å². The molecule has 1 heterocycles. The third-order valence-corrected chi connectivity index (χ3v) is 2.36. The molecule has 0 saturated heterocycles. The Bertz CT molecular complexity index is 496. The minimum atomic E-state index is -0.155. The monoisotopic (exact) mass is 232 g/mol. The summed E-state index contributed by atoms with van der Waals surface area (Å²) in [5.74, 6) is 1.44. The first kappa shape index (κ1) is 11.6. The number of nitrogens with zero attached hydrogens (tertiary/aromatic N) is 4. The molecule has 2 rings (SSSR count). The molecule has 0 atom stereocenters. The molecular weight excluding hydrogens is 216 g/mol. The molecule has 90 valence electrons. The number of tetrazole rings is 1. The number of benzene rings is 1. The van der Waals surface area contributed by atoms with Gasteiger partial charge in [0.2, 0.25) is 5.82 Å². The van der Waals surface area contributed by atoms with Gasteiger partial charge in [0.25, 0.3) is 0 Å². The summed E-state index contributed by atoms with van der Waals surface area (Å²) in [5, 5.41) is 12.5. The molecule has 0 aliphatic heterocycles. The molecule has 5 heteroatoms. The predicted octanol–water partition coefficient (Wildman–Crippen LogP) is 2.10. The lowest BCUT2D eigenvalue weighted by Crippen LogP contribution is -2.24. The van der Waals surface area contributed by atoms with Crippen molar-refractivity contribution in [2.75, 3.05) is 7.11 Å². The van der Waals surface area contributed by atoms with Gasteiger partial charge in [0.1, 0.15) is 5.75 Å². The van der Waals surface area contributed by atoms with Crippen LogP contribution in [0.25, 0.3) is 11.4 Å².